The van der Waals surface area contributed by atoms with E-state index in [0.29, 0.717) is 6.04 Å². The summed E-state index contributed by atoms with van der Waals surface area (Å²) in [6.07, 6.45) is 2.66. The summed E-state index contributed by atoms with van der Waals surface area (Å²) in [7, 11) is 0. The summed E-state index contributed by atoms with van der Waals surface area (Å²) in [6, 6.07) is 8.56. The molecule has 0 bridgehead atoms. The van der Waals surface area contributed by atoms with Crippen molar-refractivity contribution in [2.24, 2.45) is 5.92 Å². The molecule has 0 amide bonds. The number of nitrogens with one attached hydrogen (secondary N) is 1. The van der Waals surface area contributed by atoms with Crippen LogP contribution in [-0.2, 0) is 0 Å². The average molecular weight is 281 g/mol. The van der Waals surface area contributed by atoms with Crippen LogP contribution in [0.5, 0.6) is 0 Å². The molecule has 1 aromatic rings. The lowest BCUT2D eigenvalue weighted by Gasteiger charge is -2.31. The highest BCUT2D eigenvalue weighted by atomic mass is 35.5. The van der Waals surface area contributed by atoms with E-state index in [9.17, 15) is 0 Å². The van der Waals surface area contributed by atoms with Gasteiger partial charge in [-0.1, -0.05) is 30.7 Å². The Kier molecular flexibility index (Phi) is 5.68. The van der Waals surface area contributed by atoms with Gasteiger partial charge < -0.3 is 10.2 Å². The van der Waals surface area contributed by atoms with Crippen LogP contribution in [0.15, 0.2) is 24.3 Å². The molecule has 2 rings (SSSR count). The maximum Gasteiger partial charge on any atom is 0.0406 e. The molecule has 3 heteroatoms. The lowest BCUT2D eigenvalue weighted by molar-refractivity contribution is 0.188. The maximum absolute atomic E-state index is 5.92. The minimum atomic E-state index is 0.404. The summed E-state index contributed by atoms with van der Waals surface area (Å²) < 4.78 is 0. The quantitative estimate of drug-likeness (QED) is 0.884. The fourth-order valence-electron chi connectivity index (χ4n) is 2.72. The Balaban J connectivity index is 1.75. The highest BCUT2D eigenvalue weighted by Gasteiger charge is 2.18. The summed E-state index contributed by atoms with van der Waals surface area (Å²) in [4.78, 5) is 2.54. The standard InChI is InChI=1S/C16H25ClN2/c1-3-19-10-8-14(9-11-19)12-18-13(2)15-4-6-16(17)7-5-15/h4-7,13-14,18H,3,8-12H2,1-2H3. The van der Waals surface area contributed by atoms with Crippen molar-refractivity contribution in [3.05, 3.63) is 34.9 Å². The molecule has 0 aliphatic carbocycles. The van der Waals surface area contributed by atoms with Crippen LogP contribution < -0.4 is 5.32 Å². The van der Waals surface area contributed by atoms with E-state index in [1.54, 1.807) is 0 Å². The number of hydrogen-bond donors (Lipinski definition) is 1. The molecule has 1 aliphatic heterocycles. The molecule has 1 aliphatic rings. The number of piperidine rings is 1. The zero-order valence-electron chi connectivity index (χ0n) is 12.0. The Morgan fingerprint density at radius 3 is 2.47 bits per heavy atom. The lowest BCUT2D eigenvalue weighted by Crippen LogP contribution is -2.37. The van der Waals surface area contributed by atoms with E-state index in [1.807, 2.05) is 12.1 Å². The molecule has 0 saturated carbocycles. The predicted octanol–water partition coefficient (Wildman–Crippen LogP) is 3.72. The Morgan fingerprint density at radius 2 is 1.89 bits per heavy atom. The minimum absolute atomic E-state index is 0.404. The van der Waals surface area contributed by atoms with Crippen molar-refractivity contribution < 1.29 is 0 Å². The van der Waals surface area contributed by atoms with Crippen LogP contribution in [-0.4, -0.2) is 31.1 Å². The second-order valence-electron chi connectivity index (χ2n) is 5.56. The van der Waals surface area contributed by atoms with Crippen molar-refractivity contribution in [2.75, 3.05) is 26.2 Å². The first-order valence-corrected chi connectivity index (χ1v) is 7.78. The van der Waals surface area contributed by atoms with Crippen LogP contribution in [0.4, 0.5) is 0 Å². The van der Waals surface area contributed by atoms with Gasteiger partial charge in [0.15, 0.2) is 0 Å². The summed E-state index contributed by atoms with van der Waals surface area (Å²) >= 11 is 5.92. The fourth-order valence-corrected chi connectivity index (χ4v) is 2.85. The van der Waals surface area contributed by atoms with Gasteiger partial charge in [-0.2, -0.15) is 0 Å². The number of rotatable bonds is 5. The minimum Gasteiger partial charge on any atom is -0.310 e. The first kappa shape index (κ1) is 14.8. The van der Waals surface area contributed by atoms with Gasteiger partial charge in [0, 0.05) is 11.1 Å². The molecular weight excluding hydrogens is 256 g/mol. The second-order valence-corrected chi connectivity index (χ2v) is 6.00. The monoisotopic (exact) mass is 280 g/mol. The third-order valence-corrected chi connectivity index (χ3v) is 4.49. The molecule has 19 heavy (non-hydrogen) atoms. The molecule has 1 fully saturated rings. The van der Waals surface area contributed by atoms with Crippen molar-refractivity contribution in [3.63, 3.8) is 0 Å². The topological polar surface area (TPSA) is 15.3 Å². The highest BCUT2D eigenvalue weighted by Crippen LogP contribution is 2.19. The SMILES string of the molecule is CCN1CCC(CNC(C)c2ccc(Cl)cc2)CC1. The fraction of sp³-hybridized carbons (Fsp3) is 0.625. The predicted molar refractivity (Wildman–Crippen MR) is 82.7 cm³/mol. The summed E-state index contributed by atoms with van der Waals surface area (Å²) in [5.74, 6) is 0.831. The summed E-state index contributed by atoms with van der Waals surface area (Å²) in [6.45, 7) is 9.32. The van der Waals surface area contributed by atoms with Crippen LogP contribution in [0.25, 0.3) is 0 Å². The molecular formula is C16H25ClN2. The van der Waals surface area contributed by atoms with E-state index < -0.39 is 0 Å². The summed E-state index contributed by atoms with van der Waals surface area (Å²) in [5, 5.41) is 4.47. The first-order valence-electron chi connectivity index (χ1n) is 7.40. The molecule has 1 saturated heterocycles. The maximum atomic E-state index is 5.92. The number of hydrogen-bond acceptors (Lipinski definition) is 2. The van der Waals surface area contributed by atoms with E-state index in [2.05, 4.69) is 36.2 Å². The number of benzene rings is 1. The van der Waals surface area contributed by atoms with Crippen molar-refractivity contribution >= 4 is 11.6 Å². The van der Waals surface area contributed by atoms with Gasteiger partial charge in [0.1, 0.15) is 0 Å². The molecule has 1 aromatic carbocycles. The van der Waals surface area contributed by atoms with Gasteiger partial charge in [-0.05, 0) is 69.6 Å². The largest absolute Gasteiger partial charge is 0.310 e. The van der Waals surface area contributed by atoms with Crippen LogP contribution in [0.1, 0.15) is 38.3 Å². The van der Waals surface area contributed by atoms with Crippen molar-refractivity contribution in [3.8, 4) is 0 Å². The van der Waals surface area contributed by atoms with Gasteiger partial charge in [-0.15, -0.1) is 0 Å². The van der Waals surface area contributed by atoms with E-state index in [-0.39, 0.29) is 0 Å². The van der Waals surface area contributed by atoms with Gasteiger partial charge in [-0.25, -0.2) is 0 Å². The van der Waals surface area contributed by atoms with Crippen LogP contribution >= 0.6 is 11.6 Å². The Labute approximate surface area is 122 Å². The third-order valence-electron chi connectivity index (χ3n) is 4.24. The Hall–Kier alpha value is -0.570. The molecule has 1 N–H and O–H groups in total. The molecule has 1 atom stereocenters. The normalized spacial score (nSPS) is 19.5. The first-order chi connectivity index (χ1) is 9.19. The van der Waals surface area contributed by atoms with Crippen LogP contribution in [0.3, 0.4) is 0 Å². The zero-order valence-corrected chi connectivity index (χ0v) is 12.8. The molecule has 1 unspecified atom stereocenters. The van der Waals surface area contributed by atoms with Gasteiger partial charge in [0.25, 0.3) is 0 Å². The molecule has 106 valence electrons. The van der Waals surface area contributed by atoms with Crippen molar-refractivity contribution in [1.29, 1.82) is 0 Å². The zero-order chi connectivity index (χ0) is 13.7. The molecule has 0 aromatic heterocycles. The summed E-state index contributed by atoms with van der Waals surface area (Å²) in [5.41, 5.74) is 1.32. The Bertz CT molecular complexity index is 369. The van der Waals surface area contributed by atoms with E-state index in [1.165, 1.54) is 38.0 Å². The number of likely N-dealkylation sites (tertiary alicyclic amines) is 1. The molecule has 0 spiro atoms. The van der Waals surface area contributed by atoms with Crippen LogP contribution in [0, 0.1) is 5.92 Å². The second kappa shape index (κ2) is 7.28. The van der Waals surface area contributed by atoms with Gasteiger partial charge >= 0.3 is 0 Å². The Morgan fingerprint density at radius 1 is 1.26 bits per heavy atom. The third kappa shape index (κ3) is 4.48. The van der Waals surface area contributed by atoms with Gasteiger partial charge in [0.05, 0.1) is 0 Å². The highest BCUT2D eigenvalue weighted by molar-refractivity contribution is 6.30. The molecule has 2 nitrogen and oxygen atoms in total. The lowest BCUT2D eigenvalue weighted by atomic mass is 9.96. The van der Waals surface area contributed by atoms with E-state index in [0.717, 1.165) is 17.5 Å². The van der Waals surface area contributed by atoms with Crippen molar-refractivity contribution in [1.82, 2.24) is 10.2 Å². The average Bonchev–Trinajstić information content (AvgIpc) is 2.46. The van der Waals surface area contributed by atoms with Crippen molar-refractivity contribution in [2.45, 2.75) is 32.7 Å². The van der Waals surface area contributed by atoms with Gasteiger partial charge in [-0.3, -0.25) is 0 Å². The van der Waals surface area contributed by atoms with E-state index >= 15 is 0 Å². The molecule has 1 heterocycles. The van der Waals surface area contributed by atoms with Crippen LogP contribution in [0.2, 0.25) is 5.02 Å². The number of nitrogens with zero attached hydrogens (tertiary/aromatic N) is 1. The smallest absolute Gasteiger partial charge is 0.0406 e. The van der Waals surface area contributed by atoms with Gasteiger partial charge in [0.2, 0.25) is 0 Å². The number of halogens is 1. The van der Waals surface area contributed by atoms with E-state index in [4.69, 9.17) is 11.6 Å². The molecule has 0 radical (unpaired) electrons.